The Bertz CT molecular complexity index is 776. The van der Waals surface area contributed by atoms with E-state index in [1.807, 2.05) is 29.2 Å². The summed E-state index contributed by atoms with van der Waals surface area (Å²) < 4.78 is 5.25. The highest BCUT2D eigenvalue weighted by atomic mass is 16.6. The second kappa shape index (κ2) is 7.29. The van der Waals surface area contributed by atoms with Gasteiger partial charge >= 0.3 is 0 Å². The zero-order valence-corrected chi connectivity index (χ0v) is 13.9. The number of likely N-dealkylation sites (tertiary alicyclic amines) is 1. The molecule has 1 fully saturated rings. The summed E-state index contributed by atoms with van der Waals surface area (Å²) in [4.78, 5) is 28.7. The third-order valence-electron chi connectivity index (χ3n) is 4.42. The van der Waals surface area contributed by atoms with E-state index in [0.717, 1.165) is 36.8 Å². The fourth-order valence-electron chi connectivity index (χ4n) is 3.15. The van der Waals surface area contributed by atoms with Crippen LogP contribution in [0.2, 0.25) is 0 Å². The maximum absolute atomic E-state index is 12.7. The van der Waals surface area contributed by atoms with Gasteiger partial charge in [0.15, 0.2) is 0 Å². The Morgan fingerprint density at radius 1 is 1.40 bits per heavy atom. The Hall–Kier alpha value is -2.96. The number of rotatable bonds is 5. The van der Waals surface area contributed by atoms with Gasteiger partial charge in [0.05, 0.1) is 12.0 Å². The average molecular weight is 341 g/mol. The number of hydrogen-bond donors (Lipinski definition) is 0. The van der Waals surface area contributed by atoms with Crippen molar-refractivity contribution in [2.45, 2.75) is 25.3 Å². The second-order valence-corrected chi connectivity index (χ2v) is 6.01. The molecule has 0 unspecified atom stereocenters. The Kier molecular flexibility index (Phi) is 4.92. The lowest BCUT2D eigenvalue weighted by Gasteiger charge is -2.24. The Balaban J connectivity index is 1.74. The van der Waals surface area contributed by atoms with Gasteiger partial charge in [-0.05, 0) is 43.0 Å². The van der Waals surface area contributed by atoms with Crippen LogP contribution in [0.4, 0.5) is 5.69 Å². The highest BCUT2D eigenvalue weighted by Crippen LogP contribution is 2.24. The van der Waals surface area contributed by atoms with Crippen LogP contribution in [0.1, 0.15) is 28.9 Å². The van der Waals surface area contributed by atoms with E-state index in [0.29, 0.717) is 6.54 Å². The minimum atomic E-state index is -0.525. The molecule has 2 aromatic rings. The third-order valence-corrected chi connectivity index (χ3v) is 4.42. The normalized spacial score (nSPS) is 16.7. The Morgan fingerprint density at radius 3 is 2.92 bits per heavy atom. The monoisotopic (exact) mass is 341 g/mol. The molecule has 0 radical (unpaired) electrons. The van der Waals surface area contributed by atoms with Crippen molar-refractivity contribution in [2.75, 3.05) is 13.7 Å². The van der Waals surface area contributed by atoms with E-state index in [1.165, 1.54) is 12.1 Å². The average Bonchev–Trinajstić information content (AvgIpc) is 3.09. The van der Waals surface area contributed by atoms with Crippen LogP contribution in [0.5, 0.6) is 5.75 Å². The molecule has 1 aliphatic heterocycles. The van der Waals surface area contributed by atoms with Crippen LogP contribution in [0.25, 0.3) is 0 Å². The maximum Gasteiger partial charge on any atom is 0.287 e. The topological polar surface area (TPSA) is 85.6 Å². The number of hydrogen-bond acceptors (Lipinski definition) is 5. The van der Waals surface area contributed by atoms with Crippen LogP contribution >= 0.6 is 0 Å². The number of methoxy groups -OCH3 is 1. The van der Waals surface area contributed by atoms with Crippen molar-refractivity contribution in [3.8, 4) is 5.75 Å². The van der Waals surface area contributed by atoms with E-state index in [2.05, 4.69) is 4.98 Å². The molecule has 1 amide bonds. The summed E-state index contributed by atoms with van der Waals surface area (Å²) in [7, 11) is 1.63. The molecule has 1 atom stereocenters. The van der Waals surface area contributed by atoms with Gasteiger partial charge in [-0.3, -0.25) is 14.9 Å². The van der Waals surface area contributed by atoms with Crippen LogP contribution in [-0.4, -0.2) is 40.4 Å². The first-order valence-electron chi connectivity index (χ1n) is 8.13. The summed E-state index contributed by atoms with van der Waals surface area (Å²) in [6, 6.07) is 10.7. The number of carbonyl (C=O) groups is 1. The summed E-state index contributed by atoms with van der Waals surface area (Å²) in [5, 5.41) is 10.7. The number of amides is 1. The van der Waals surface area contributed by atoms with Crippen LogP contribution in [-0.2, 0) is 6.42 Å². The summed E-state index contributed by atoms with van der Waals surface area (Å²) in [5.74, 6) is 0.616. The highest BCUT2D eigenvalue weighted by molar-refractivity contribution is 5.92. The van der Waals surface area contributed by atoms with Gasteiger partial charge in [0.1, 0.15) is 17.6 Å². The minimum absolute atomic E-state index is 0.0941. The van der Waals surface area contributed by atoms with Crippen LogP contribution in [0, 0.1) is 10.1 Å². The molecular formula is C18H19N3O4. The summed E-state index contributed by atoms with van der Waals surface area (Å²) in [6.07, 6.45) is 3.74. The molecule has 7 heteroatoms. The quantitative estimate of drug-likeness (QED) is 0.616. The molecule has 3 rings (SSSR count). The van der Waals surface area contributed by atoms with Crippen molar-refractivity contribution in [2.24, 2.45) is 0 Å². The summed E-state index contributed by atoms with van der Waals surface area (Å²) >= 11 is 0. The smallest absolute Gasteiger partial charge is 0.287 e. The first-order chi connectivity index (χ1) is 12.1. The van der Waals surface area contributed by atoms with Gasteiger partial charge in [-0.1, -0.05) is 12.1 Å². The van der Waals surface area contributed by atoms with Crippen molar-refractivity contribution < 1.29 is 14.5 Å². The third kappa shape index (κ3) is 3.76. The fraction of sp³-hybridized carbons (Fsp3) is 0.333. The van der Waals surface area contributed by atoms with Gasteiger partial charge in [-0.15, -0.1) is 0 Å². The van der Waals surface area contributed by atoms with Gasteiger partial charge in [-0.25, -0.2) is 4.98 Å². The standard InChI is InChI=1S/C18H19N3O4/c1-25-16-6-2-4-13(11-16)10-14-5-3-9-20(14)18(22)17-8-7-15(12-19-17)21(23)24/h2,4,6-8,11-12,14H,3,5,9-10H2,1H3/t14-/m0/s1. The largest absolute Gasteiger partial charge is 0.497 e. The Morgan fingerprint density at radius 2 is 2.24 bits per heavy atom. The van der Waals surface area contributed by atoms with Crippen molar-refractivity contribution in [3.63, 3.8) is 0 Å². The van der Waals surface area contributed by atoms with Crippen LogP contribution < -0.4 is 4.74 Å². The molecule has 0 spiro atoms. The molecule has 0 aliphatic carbocycles. The lowest BCUT2D eigenvalue weighted by Crippen LogP contribution is -2.37. The summed E-state index contributed by atoms with van der Waals surface area (Å²) in [6.45, 7) is 0.673. The first kappa shape index (κ1) is 16.9. The predicted molar refractivity (Wildman–Crippen MR) is 91.6 cm³/mol. The molecule has 1 aromatic carbocycles. The van der Waals surface area contributed by atoms with Crippen LogP contribution in [0.3, 0.4) is 0 Å². The number of ether oxygens (including phenoxy) is 1. The van der Waals surface area contributed by atoms with Crippen LogP contribution in [0.15, 0.2) is 42.6 Å². The number of carbonyl (C=O) groups excluding carboxylic acids is 1. The number of benzene rings is 1. The van der Waals surface area contributed by atoms with E-state index < -0.39 is 4.92 Å². The number of nitrogens with zero attached hydrogens (tertiary/aromatic N) is 3. The highest BCUT2D eigenvalue weighted by Gasteiger charge is 2.30. The van der Waals surface area contributed by atoms with Gasteiger partial charge in [-0.2, -0.15) is 0 Å². The summed E-state index contributed by atoms with van der Waals surface area (Å²) in [5.41, 5.74) is 1.23. The van der Waals surface area contributed by atoms with E-state index in [-0.39, 0.29) is 23.3 Å². The second-order valence-electron chi connectivity index (χ2n) is 6.01. The van der Waals surface area contributed by atoms with E-state index in [1.54, 1.807) is 7.11 Å². The molecule has 0 saturated carbocycles. The maximum atomic E-state index is 12.7. The number of aromatic nitrogens is 1. The molecule has 0 N–H and O–H groups in total. The predicted octanol–water partition coefficient (Wildman–Crippen LogP) is 2.85. The van der Waals surface area contributed by atoms with Gasteiger partial charge in [0, 0.05) is 18.7 Å². The number of nitro groups is 1. The van der Waals surface area contributed by atoms with Crippen molar-refractivity contribution in [1.29, 1.82) is 0 Å². The lowest BCUT2D eigenvalue weighted by molar-refractivity contribution is -0.385. The molecule has 25 heavy (non-hydrogen) atoms. The molecule has 7 nitrogen and oxygen atoms in total. The molecule has 130 valence electrons. The first-order valence-corrected chi connectivity index (χ1v) is 8.13. The van der Waals surface area contributed by atoms with Gasteiger partial charge in [0.2, 0.25) is 0 Å². The van der Waals surface area contributed by atoms with E-state index in [4.69, 9.17) is 4.74 Å². The molecule has 1 aliphatic rings. The molecule has 0 bridgehead atoms. The minimum Gasteiger partial charge on any atom is -0.497 e. The van der Waals surface area contributed by atoms with E-state index in [9.17, 15) is 14.9 Å². The van der Waals surface area contributed by atoms with Crippen molar-refractivity contribution in [3.05, 3.63) is 64.0 Å². The SMILES string of the molecule is COc1cccc(C[C@@H]2CCCN2C(=O)c2ccc([N+](=O)[O-])cn2)c1. The zero-order valence-electron chi connectivity index (χ0n) is 13.9. The lowest BCUT2D eigenvalue weighted by atomic mass is 10.0. The fourth-order valence-corrected chi connectivity index (χ4v) is 3.15. The molecule has 1 saturated heterocycles. The van der Waals surface area contributed by atoms with Gasteiger partial charge in [0.25, 0.3) is 11.6 Å². The van der Waals surface area contributed by atoms with Gasteiger partial charge < -0.3 is 9.64 Å². The zero-order chi connectivity index (χ0) is 17.8. The van der Waals surface area contributed by atoms with Crippen molar-refractivity contribution in [1.82, 2.24) is 9.88 Å². The molecule has 2 heterocycles. The number of pyridine rings is 1. The molecule has 1 aromatic heterocycles. The van der Waals surface area contributed by atoms with E-state index >= 15 is 0 Å². The Labute approximate surface area is 145 Å². The molecular weight excluding hydrogens is 322 g/mol. The van der Waals surface area contributed by atoms with Crippen molar-refractivity contribution >= 4 is 11.6 Å².